The van der Waals surface area contributed by atoms with E-state index in [-0.39, 0.29) is 22.8 Å². The monoisotopic (exact) mass is 341 g/mol. The van der Waals surface area contributed by atoms with E-state index in [1.54, 1.807) is 6.92 Å². The third kappa shape index (κ3) is 4.00. The topological polar surface area (TPSA) is 75.1 Å². The third-order valence-electron chi connectivity index (χ3n) is 3.18. The SMILES string of the molecule is Cc1ncc(Cl)c(C(=O)NCC(C)(O)c2ccc(F)cc2F)n1. The second-order valence-electron chi connectivity index (χ2n) is 5.19. The van der Waals surface area contributed by atoms with E-state index in [1.807, 2.05) is 0 Å². The minimum absolute atomic E-state index is 0.0467. The summed E-state index contributed by atoms with van der Waals surface area (Å²) in [6, 6.07) is 2.81. The highest BCUT2D eigenvalue weighted by atomic mass is 35.5. The van der Waals surface area contributed by atoms with Crippen molar-refractivity contribution >= 4 is 17.5 Å². The number of nitrogens with zero attached hydrogens (tertiary/aromatic N) is 2. The first-order valence-corrected chi connectivity index (χ1v) is 7.04. The van der Waals surface area contributed by atoms with Crippen LogP contribution in [0.1, 0.15) is 28.8 Å². The normalized spacial score (nSPS) is 13.5. The van der Waals surface area contributed by atoms with Crippen molar-refractivity contribution < 1.29 is 18.7 Å². The summed E-state index contributed by atoms with van der Waals surface area (Å²) < 4.78 is 26.7. The highest BCUT2D eigenvalue weighted by Gasteiger charge is 2.28. The van der Waals surface area contributed by atoms with Crippen molar-refractivity contribution in [3.05, 3.63) is 58.1 Å². The number of carbonyl (C=O) groups excluding carboxylic acids is 1. The fraction of sp³-hybridized carbons (Fsp3) is 0.267. The summed E-state index contributed by atoms with van der Waals surface area (Å²) in [5.41, 5.74) is -1.92. The van der Waals surface area contributed by atoms with Crippen LogP contribution >= 0.6 is 11.6 Å². The zero-order chi connectivity index (χ0) is 17.2. The van der Waals surface area contributed by atoms with Gasteiger partial charge in [-0.05, 0) is 19.9 Å². The maximum atomic E-state index is 13.8. The lowest BCUT2D eigenvalue weighted by molar-refractivity contribution is 0.0493. The molecule has 2 rings (SSSR count). The molecule has 1 unspecified atom stereocenters. The Labute approximate surface area is 136 Å². The third-order valence-corrected chi connectivity index (χ3v) is 3.46. The molecule has 1 amide bonds. The standard InChI is InChI=1S/C15H14ClF2N3O2/c1-8-19-6-11(16)13(21-8)14(22)20-7-15(2,23)10-4-3-9(17)5-12(10)18/h3-6,23H,7H2,1-2H3,(H,20,22). The Bertz CT molecular complexity index is 753. The average molecular weight is 342 g/mol. The van der Waals surface area contributed by atoms with Crippen molar-refractivity contribution in [3.8, 4) is 0 Å². The molecule has 1 atom stereocenters. The van der Waals surface area contributed by atoms with Gasteiger partial charge in [0.1, 0.15) is 28.8 Å². The van der Waals surface area contributed by atoms with Gasteiger partial charge in [0, 0.05) is 11.6 Å². The summed E-state index contributed by atoms with van der Waals surface area (Å²) in [5, 5.41) is 12.8. The molecule has 1 aromatic carbocycles. The van der Waals surface area contributed by atoms with Crippen LogP contribution in [-0.2, 0) is 5.60 Å². The zero-order valence-electron chi connectivity index (χ0n) is 12.4. The van der Waals surface area contributed by atoms with E-state index in [1.165, 1.54) is 13.1 Å². The lowest BCUT2D eigenvalue weighted by Crippen LogP contribution is -2.39. The van der Waals surface area contributed by atoms with E-state index >= 15 is 0 Å². The van der Waals surface area contributed by atoms with E-state index in [0.29, 0.717) is 11.9 Å². The molecule has 2 N–H and O–H groups in total. The van der Waals surface area contributed by atoms with Crippen LogP contribution < -0.4 is 5.32 Å². The Morgan fingerprint density at radius 1 is 1.43 bits per heavy atom. The van der Waals surface area contributed by atoms with E-state index in [4.69, 9.17) is 11.6 Å². The number of aryl methyl sites for hydroxylation is 1. The first kappa shape index (κ1) is 17.2. The molecule has 0 saturated carbocycles. The Balaban J connectivity index is 2.15. The molecule has 0 aliphatic carbocycles. The zero-order valence-corrected chi connectivity index (χ0v) is 13.2. The second-order valence-corrected chi connectivity index (χ2v) is 5.60. The van der Waals surface area contributed by atoms with Crippen LogP contribution in [0.5, 0.6) is 0 Å². The summed E-state index contributed by atoms with van der Waals surface area (Å²) in [5.74, 6) is -1.94. The minimum atomic E-state index is -1.73. The van der Waals surface area contributed by atoms with E-state index in [2.05, 4.69) is 15.3 Å². The highest BCUT2D eigenvalue weighted by molar-refractivity contribution is 6.33. The van der Waals surface area contributed by atoms with Crippen LogP contribution in [0.25, 0.3) is 0 Å². The molecule has 122 valence electrons. The smallest absolute Gasteiger partial charge is 0.271 e. The number of amides is 1. The molecule has 23 heavy (non-hydrogen) atoms. The molecule has 0 radical (unpaired) electrons. The van der Waals surface area contributed by atoms with Crippen molar-refractivity contribution in [1.82, 2.24) is 15.3 Å². The van der Waals surface area contributed by atoms with Crippen LogP contribution in [0, 0.1) is 18.6 Å². The fourth-order valence-corrected chi connectivity index (χ4v) is 2.15. The van der Waals surface area contributed by atoms with E-state index < -0.39 is 23.1 Å². The maximum Gasteiger partial charge on any atom is 0.271 e. The van der Waals surface area contributed by atoms with Crippen LogP contribution in [0.3, 0.4) is 0 Å². The van der Waals surface area contributed by atoms with Gasteiger partial charge in [-0.25, -0.2) is 18.7 Å². The molecule has 0 aliphatic rings. The van der Waals surface area contributed by atoms with Gasteiger partial charge < -0.3 is 10.4 Å². The first-order valence-electron chi connectivity index (χ1n) is 6.66. The van der Waals surface area contributed by atoms with Crippen molar-refractivity contribution in [2.24, 2.45) is 0 Å². The number of nitrogens with one attached hydrogen (secondary N) is 1. The summed E-state index contributed by atoms with van der Waals surface area (Å²) in [6.07, 6.45) is 1.29. The molecule has 0 spiro atoms. The van der Waals surface area contributed by atoms with Gasteiger partial charge in [-0.3, -0.25) is 4.79 Å². The molecule has 1 aromatic heterocycles. The maximum absolute atomic E-state index is 13.8. The lowest BCUT2D eigenvalue weighted by atomic mass is 9.95. The number of aromatic nitrogens is 2. The van der Waals surface area contributed by atoms with Crippen molar-refractivity contribution in [3.63, 3.8) is 0 Å². The van der Waals surface area contributed by atoms with Gasteiger partial charge in [-0.1, -0.05) is 17.7 Å². The van der Waals surface area contributed by atoms with Gasteiger partial charge in [0.25, 0.3) is 5.91 Å². The average Bonchev–Trinajstić information content (AvgIpc) is 2.47. The predicted molar refractivity (Wildman–Crippen MR) is 80.0 cm³/mol. The Morgan fingerprint density at radius 3 is 2.78 bits per heavy atom. The Hall–Kier alpha value is -2.12. The van der Waals surface area contributed by atoms with Crippen molar-refractivity contribution in [2.75, 3.05) is 6.54 Å². The molecule has 8 heteroatoms. The summed E-state index contributed by atoms with van der Waals surface area (Å²) >= 11 is 5.85. The Morgan fingerprint density at radius 2 is 2.13 bits per heavy atom. The minimum Gasteiger partial charge on any atom is -0.383 e. The molecule has 0 fully saturated rings. The Kier molecular flexibility index (Phi) is 4.91. The van der Waals surface area contributed by atoms with Crippen molar-refractivity contribution in [1.29, 1.82) is 0 Å². The lowest BCUT2D eigenvalue weighted by Gasteiger charge is -2.24. The van der Waals surface area contributed by atoms with Gasteiger partial charge >= 0.3 is 0 Å². The van der Waals surface area contributed by atoms with Crippen LogP contribution in [0.2, 0.25) is 5.02 Å². The van der Waals surface area contributed by atoms with Gasteiger partial charge in [0.05, 0.1) is 17.8 Å². The number of hydrogen-bond donors (Lipinski definition) is 2. The highest BCUT2D eigenvalue weighted by Crippen LogP contribution is 2.23. The summed E-state index contributed by atoms with van der Waals surface area (Å²) in [4.78, 5) is 19.8. The van der Waals surface area contributed by atoms with Crippen LogP contribution in [0.15, 0.2) is 24.4 Å². The molecular formula is C15H14ClF2N3O2. The molecule has 2 aromatic rings. The number of hydrogen-bond acceptors (Lipinski definition) is 4. The number of benzene rings is 1. The van der Waals surface area contributed by atoms with Gasteiger partial charge in [0.2, 0.25) is 0 Å². The molecule has 0 bridgehead atoms. The number of halogens is 3. The number of rotatable bonds is 4. The molecule has 0 saturated heterocycles. The van der Waals surface area contributed by atoms with Gasteiger partial charge in [0.15, 0.2) is 0 Å². The quantitative estimate of drug-likeness (QED) is 0.895. The molecule has 0 aliphatic heterocycles. The summed E-state index contributed by atoms with van der Waals surface area (Å²) in [6.45, 7) is 2.58. The van der Waals surface area contributed by atoms with Gasteiger partial charge in [-0.15, -0.1) is 0 Å². The first-order chi connectivity index (χ1) is 10.7. The fourth-order valence-electron chi connectivity index (χ4n) is 1.97. The van der Waals surface area contributed by atoms with E-state index in [9.17, 15) is 18.7 Å². The van der Waals surface area contributed by atoms with Crippen LogP contribution in [-0.4, -0.2) is 27.5 Å². The van der Waals surface area contributed by atoms with Crippen molar-refractivity contribution in [2.45, 2.75) is 19.4 Å². The molecular weight excluding hydrogens is 328 g/mol. The molecule has 1 heterocycles. The molecule has 5 nitrogen and oxygen atoms in total. The number of carbonyl (C=O) groups is 1. The largest absolute Gasteiger partial charge is 0.383 e. The second kappa shape index (κ2) is 6.55. The van der Waals surface area contributed by atoms with E-state index in [0.717, 1.165) is 12.1 Å². The number of aliphatic hydroxyl groups is 1. The predicted octanol–water partition coefficient (Wildman–Crippen LogP) is 2.35. The van der Waals surface area contributed by atoms with Gasteiger partial charge in [-0.2, -0.15) is 0 Å². The summed E-state index contributed by atoms with van der Waals surface area (Å²) in [7, 11) is 0. The van der Waals surface area contributed by atoms with Crippen LogP contribution in [0.4, 0.5) is 8.78 Å².